The van der Waals surface area contributed by atoms with Crippen LogP contribution in [0.1, 0.15) is 5.56 Å². The van der Waals surface area contributed by atoms with E-state index < -0.39 is 5.97 Å². The zero-order chi connectivity index (χ0) is 9.84. The van der Waals surface area contributed by atoms with E-state index >= 15 is 0 Å². The third-order valence-corrected chi connectivity index (χ3v) is 1.72. The maximum atomic E-state index is 10.2. The Morgan fingerprint density at radius 3 is 2.85 bits per heavy atom. The summed E-state index contributed by atoms with van der Waals surface area (Å²) >= 11 is 5.71. The zero-order valence-electron chi connectivity index (χ0n) is 7.08. The number of aryl methyl sites for hydroxylation is 1. The minimum absolute atomic E-state index is 0.331. The summed E-state index contributed by atoms with van der Waals surface area (Å²) in [6, 6.07) is 5.03. The lowest BCUT2D eigenvalue weighted by Gasteiger charge is -2.06. The van der Waals surface area contributed by atoms with Gasteiger partial charge in [0.1, 0.15) is 5.75 Å². The van der Waals surface area contributed by atoms with E-state index in [1.165, 1.54) is 0 Å². The van der Waals surface area contributed by atoms with Gasteiger partial charge in [-0.2, -0.15) is 0 Å². The highest BCUT2D eigenvalue weighted by atomic mass is 35.5. The van der Waals surface area contributed by atoms with Gasteiger partial charge < -0.3 is 9.84 Å². The summed E-state index contributed by atoms with van der Waals surface area (Å²) in [4.78, 5) is 10.2. The molecule has 0 aliphatic carbocycles. The van der Waals surface area contributed by atoms with Crippen molar-refractivity contribution in [2.24, 2.45) is 0 Å². The lowest BCUT2D eigenvalue weighted by molar-refractivity contribution is -0.139. The second-order valence-corrected chi connectivity index (χ2v) is 3.03. The molecule has 0 amide bonds. The largest absolute Gasteiger partial charge is 0.482 e. The molecule has 3 nitrogen and oxygen atoms in total. The molecule has 0 heterocycles. The third-order valence-electron chi connectivity index (χ3n) is 1.49. The van der Waals surface area contributed by atoms with Crippen molar-refractivity contribution in [3.63, 3.8) is 0 Å². The van der Waals surface area contributed by atoms with E-state index in [1.807, 2.05) is 6.92 Å². The van der Waals surface area contributed by atoms with Crippen LogP contribution in [-0.4, -0.2) is 17.7 Å². The number of benzene rings is 1. The molecule has 70 valence electrons. The molecule has 1 aromatic rings. The van der Waals surface area contributed by atoms with Crippen molar-refractivity contribution in [2.45, 2.75) is 6.92 Å². The van der Waals surface area contributed by atoms with Crippen molar-refractivity contribution < 1.29 is 14.6 Å². The van der Waals surface area contributed by atoms with Gasteiger partial charge in [0.25, 0.3) is 0 Å². The van der Waals surface area contributed by atoms with Crippen molar-refractivity contribution in [1.82, 2.24) is 0 Å². The molecule has 0 aliphatic heterocycles. The van der Waals surface area contributed by atoms with E-state index in [-0.39, 0.29) is 6.61 Å². The van der Waals surface area contributed by atoms with Crippen LogP contribution in [0.4, 0.5) is 0 Å². The van der Waals surface area contributed by atoms with E-state index in [0.29, 0.717) is 10.8 Å². The van der Waals surface area contributed by atoms with Crippen molar-refractivity contribution in [1.29, 1.82) is 0 Å². The van der Waals surface area contributed by atoms with Gasteiger partial charge in [-0.15, -0.1) is 0 Å². The molecule has 0 bridgehead atoms. The molecule has 0 saturated heterocycles. The SMILES string of the molecule is C[13c]1[13cH][13c](Cl)[13cH][13cH][13c]1O[13CH2][13C](=O)O. The van der Waals surface area contributed by atoms with Gasteiger partial charge in [-0.05, 0) is 30.7 Å². The monoisotopic (exact) mass is 208 g/mol. The highest BCUT2D eigenvalue weighted by Crippen LogP contribution is 2.21. The van der Waals surface area contributed by atoms with E-state index in [0.717, 1.165) is 5.56 Å². The zero-order valence-corrected chi connectivity index (χ0v) is 7.84. The van der Waals surface area contributed by atoms with Crippen LogP contribution in [0, 0.1) is 6.92 Å². The number of rotatable bonds is 3. The average Bonchev–Trinajstić information content (AvgIpc) is 2.02. The number of hydrogen-bond donors (Lipinski definition) is 1. The van der Waals surface area contributed by atoms with Crippen LogP contribution in [0.5, 0.6) is 5.75 Å². The smallest absolute Gasteiger partial charge is 0.341 e. The number of carbonyl (C=O) groups is 1. The highest BCUT2D eigenvalue weighted by Gasteiger charge is 2.02. The molecule has 0 atom stereocenters. The Balaban J connectivity index is 2.72. The molecule has 0 spiro atoms. The highest BCUT2D eigenvalue weighted by molar-refractivity contribution is 6.30. The van der Waals surface area contributed by atoms with Gasteiger partial charge in [0, 0.05) is 5.02 Å². The van der Waals surface area contributed by atoms with Gasteiger partial charge in [0.15, 0.2) is 6.61 Å². The Bertz CT molecular complexity index is 323. The minimum Gasteiger partial charge on any atom is -0.482 e. The van der Waals surface area contributed by atoms with Crippen LogP contribution in [0.3, 0.4) is 0 Å². The quantitative estimate of drug-likeness (QED) is 0.774. The molecule has 1 N–H and O–H groups in total. The number of hydrogen-bond acceptors (Lipinski definition) is 2. The first kappa shape index (κ1) is 9.86. The Labute approximate surface area is 80.9 Å². The first-order valence-electron chi connectivity index (χ1n) is 3.70. The van der Waals surface area contributed by atoms with Crippen LogP contribution in [0.2, 0.25) is 5.02 Å². The van der Waals surface area contributed by atoms with E-state index in [4.69, 9.17) is 21.4 Å². The summed E-state index contributed by atoms with van der Waals surface area (Å²) in [5.41, 5.74) is 0.828. The topological polar surface area (TPSA) is 46.5 Å². The van der Waals surface area contributed by atoms with Crippen LogP contribution in [-0.2, 0) is 4.79 Å². The van der Waals surface area contributed by atoms with Crippen LogP contribution in [0.15, 0.2) is 18.2 Å². The molecule has 4 heteroatoms. The molecule has 0 unspecified atom stereocenters. The first-order chi connectivity index (χ1) is 6.09. The lowest BCUT2D eigenvalue weighted by Crippen LogP contribution is -2.09. The first-order valence-corrected chi connectivity index (χ1v) is 4.08. The standard InChI is InChI=1S/C9H9ClO3/c1-6-4-7(10)2-3-8(6)13-5-9(11)12/h2-4H,5H2,1H3,(H,11,12)/i2+1,3+1,4+1,5+1,6+1,7+1,8+1,9+1. The van der Waals surface area contributed by atoms with Crippen molar-refractivity contribution in [3.05, 3.63) is 28.8 Å². The summed E-state index contributed by atoms with van der Waals surface area (Å²) in [5, 5.41) is 8.98. The Kier molecular flexibility index (Phi) is 3.14. The van der Waals surface area contributed by atoms with Crippen molar-refractivity contribution in [3.8, 4) is 5.75 Å². The maximum absolute atomic E-state index is 10.2. The summed E-state index contributed by atoms with van der Waals surface area (Å²) < 4.78 is 5.00. The molecule has 13 heavy (non-hydrogen) atoms. The number of halogens is 1. The van der Waals surface area contributed by atoms with E-state index in [2.05, 4.69) is 0 Å². The van der Waals surface area contributed by atoms with Crippen molar-refractivity contribution in [2.75, 3.05) is 6.61 Å². The lowest BCUT2D eigenvalue weighted by atomic mass is 11.0. The molecule has 0 saturated carbocycles. The fraction of sp³-hybridized carbons (Fsp3) is 0.222. The number of carboxylic acids is 1. The second kappa shape index (κ2) is 4.14. The predicted molar refractivity (Wildman–Crippen MR) is 49.3 cm³/mol. The van der Waals surface area contributed by atoms with Crippen molar-refractivity contribution >= 4 is 17.6 Å². The number of aliphatic carboxylic acids is 1. The third kappa shape index (κ3) is 2.95. The molecule has 0 aromatic heterocycles. The molecular weight excluding hydrogens is 199 g/mol. The second-order valence-electron chi connectivity index (χ2n) is 2.59. The summed E-state index contributed by atoms with van der Waals surface area (Å²) in [7, 11) is 0. The summed E-state index contributed by atoms with van der Waals surface area (Å²) in [6.45, 7) is 1.48. The predicted octanol–water partition coefficient (Wildman–Crippen LogP) is 2.11. The van der Waals surface area contributed by atoms with Gasteiger partial charge >= 0.3 is 5.97 Å². The van der Waals surface area contributed by atoms with Crippen LogP contribution >= 0.6 is 11.6 Å². The fourth-order valence-corrected chi connectivity index (χ4v) is 1.14. The van der Waals surface area contributed by atoms with Gasteiger partial charge in [-0.1, -0.05) is 11.6 Å². The van der Waals surface area contributed by atoms with Gasteiger partial charge in [0.05, 0.1) is 0 Å². The van der Waals surface area contributed by atoms with E-state index in [1.54, 1.807) is 18.2 Å². The fourth-order valence-electron chi connectivity index (χ4n) is 0.914. The number of carboxylic acid groups (broad SMARTS) is 1. The molecule has 1 rings (SSSR count). The van der Waals surface area contributed by atoms with Gasteiger partial charge in [-0.25, -0.2) is 4.79 Å². The Morgan fingerprint density at radius 1 is 1.62 bits per heavy atom. The van der Waals surface area contributed by atoms with Crippen LogP contribution < -0.4 is 4.74 Å². The normalized spacial score (nSPS) is 9.69. The number of ether oxygens (including phenoxy) is 1. The molecule has 1 aromatic carbocycles. The van der Waals surface area contributed by atoms with Gasteiger partial charge in [-0.3, -0.25) is 0 Å². The van der Waals surface area contributed by atoms with Gasteiger partial charge in [0.2, 0.25) is 0 Å². The van der Waals surface area contributed by atoms with E-state index in [9.17, 15) is 4.79 Å². The Morgan fingerprint density at radius 2 is 2.31 bits per heavy atom. The maximum Gasteiger partial charge on any atom is 0.341 e. The molecular formula is C9H9ClO3. The molecule has 0 fully saturated rings. The Hall–Kier alpha value is -1.22. The summed E-state index contributed by atoms with van der Waals surface area (Å²) in [5.74, 6) is -0.443. The average molecular weight is 209 g/mol. The minimum atomic E-state index is -0.991. The summed E-state index contributed by atoms with van der Waals surface area (Å²) in [6.07, 6.45) is 0. The molecule has 0 radical (unpaired) electrons. The van der Waals surface area contributed by atoms with Crippen LogP contribution in [0.25, 0.3) is 0 Å². The molecule has 0 aliphatic rings.